The Labute approximate surface area is 117 Å². The quantitative estimate of drug-likeness (QED) is 0.781. The molecule has 0 radical (unpaired) electrons. The molecule has 0 heterocycles. The lowest BCUT2D eigenvalue weighted by molar-refractivity contribution is 0.254. The Balaban J connectivity index is 2.43. The van der Waals surface area contributed by atoms with E-state index in [1.807, 2.05) is 19.9 Å². The number of nitrogens with zero attached hydrogens (tertiary/aromatic N) is 2. The molecule has 0 aliphatic heterocycles. The molecule has 3 heteroatoms. The summed E-state index contributed by atoms with van der Waals surface area (Å²) in [6, 6.07) is 12.8. The molecule has 0 bridgehead atoms. The van der Waals surface area contributed by atoms with Crippen molar-refractivity contribution in [1.82, 2.24) is 4.90 Å². The van der Waals surface area contributed by atoms with E-state index in [0.29, 0.717) is 6.54 Å². The van der Waals surface area contributed by atoms with Crippen LogP contribution < -0.4 is 5.73 Å². The topological polar surface area (TPSA) is 53.0 Å². The molecule has 104 valence electrons. The Bertz CT molecular complexity index is 392. The standard InChI is InChI=1S/C16H25N3/c1-16(2,14-18)9-6-11-19(12-10-17)13-15-7-4-3-5-8-15/h3-5,7-8H,6,9-13,17H2,1-2H3. The van der Waals surface area contributed by atoms with Crippen LogP contribution >= 0.6 is 0 Å². The summed E-state index contributed by atoms with van der Waals surface area (Å²) < 4.78 is 0. The van der Waals surface area contributed by atoms with Gasteiger partial charge in [-0.05, 0) is 38.8 Å². The predicted octanol–water partition coefficient (Wildman–Crippen LogP) is 2.78. The Morgan fingerprint density at radius 1 is 1.21 bits per heavy atom. The SMILES string of the molecule is CC(C)(C#N)CCCN(CCN)Cc1ccccc1. The highest BCUT2D eigenvalue weighted by Crippen LogP contribution is 2.21. The van der Waals surface area contributed by atoms with Crippen LogP contribution in [0, 0.1) is 16.7 Å². The minimum absolute atomic E-state index is 0.221. The van der Waals surface area contributed by atoms with Gasteiger partial charge in [-0.1, -0.05) is 30.3 Å². The summed E-state index contributed by atoms with van der Waals surface area (Å²) in [5.74, 6) is 0. The molecule has 0 saturated carbocycles. The molecule has 1 rings (SSSR count). The highest BCUT2D eigenvalue weighted by molar-refractivity contribution is 5.14. The largest absolute Gasteiger partial charge is 0.329 e. The van der Waals surface area contributed by atoms with Crippen LogP contribution in [0.2, 0.25) is 0 Å². The van der Waals surface area contributed by atoms with Crippen molar-refractivity contribution in [3.05, 3.63) is 35.9 Å². The van der Waals surface area contributed by atoms with E-state index in [0.717, 1.165) is 32.5 Å². The average Bonchev–Trinajstić information content (AvgIpc) is 2.40. The molecular weight excluding hydrogens is 234 g/mol. The fourth-order valence-corrected chi connectivity index (χ4v) is 2.09. The number of nitrogens with two attached hydrogens (primary N) is 1. The van der Waals surface area contributed by atoms with Gasteiger partial charge in [0.15, 0.2) is 0 Å². The van der Waals surface area contributed by atoms with Crippen LogP contribution in [0.1, 0.15) is 32.3 Å². The van der Waals surface area contributed by atoms with Crippen molar-refractivity contribution in [3.63, 3.8) is 0 Å². The lowest BCUT2D eigenvalue weighted by Gasteiger charge is -2.23. The molecule has 1 aromatic carbocycles. The van der Waals surface area contributed by atoms with Gasteiger partial charge in [0.25, 0.3) is 0 Å². The summed E-state index contributed by atoms with van der Waals surface area (Å²) in [7, 11) is 0. The molecule has 2 N–H and O–H groups in total. The maximum atomic E-state index is 9.01. The molecule has 0 aliphatic carbocycles. The molecule has 0 unspecified atom stereocenters. The van der Waals surface area contributed by atoms with Crippen molar-refractivity contribution in [3.8, 4) is 6.07 Å². The van der Waals surface area contributed by atoms with Crippen LogP contribution in [0.5, 0.6) is 0 Å². The van der Waals surface area contributed by atoms with Gasteiger partial charge in [0, 0.05) is 19.6 Å². The van der Waals surface area contributed by atoms with E-state index in [9.17, 15) is 0 Å². The summed E-state index contributed by atoms with van der Waals surface area (Å²) in [5, 5.41) is 9.01. The Morgan fingerprint density at radius 3 is 2.47 bits per heavy atom. The third-order valence-electron chi connectivity index (χ3n) is 3.27. The Kier molecular flexibility index (Phi) is 6.55. The van der Waals surface area contributed by atoms with Crippen LogP contribution in [0.15, 0.2) is 30.3 Å². The third-order valence-corrected chi connectivity index (χ3v) is 3.27. The van der Waals surface area contributed by atoms with Crippen LogP contribution in [0.25, 0.3) is 0 Å². The van der Waals surface area contributed by atoms with Gasteiger partial charge in [0.05, 0.1) is 11.5 Å². The van der Waals surface area contributed by atoms with Gasteiger partial charge in [-0.15, -0.1) is 0 Å². The van der Waals surface area contributed by atoms with E-state index in [1.54, 1.807) is 0 Å². The molecule has 0 saturated heterocycles. The van der Waals surface area contributed by atoms with E-state index in [-0.39, 0.29) is 5.41 Å². The van der Waals surface area contributed by atoms with Crippen molar-refractivity contribution >= 4 is 0 Å². The van der Waals surface area contributed by atoms with Gasteiger partial charge in [-0.3, -0.25) is 4.90 Å². The van der Waals surface area contributed by atoms with E-state index in [2.05, 4.69) is 35.2 Å². The van der Waals surface area contributed by atoms with Gasteiger partial charge in [0.2, 0.25) is 0 Å². The second-order valence-corrected chi connectivity index (χ2v) is 5.65. The normalized spacial score (nSPS) is 11.5. The number of nitriles is 1. The molecule has 1 aromatic rings. The van der Waals surface area contributed by atoms with E-state index in [1.165, 1.54) is 5.56 Å². The summed E-state index contributed by atoms with van der Waals surface area (Å²) >= 11 is 0. The zero-order valence-corrected chi connectivity index (χ0v) is 12.1. The first-order valence-electron chi connectivity index (χ1n) is 6.95. The fraction of sp³-hybridized carbons (Fsp3) is 0.562. The van der Waals surface area contributed by atoms with Crippen LogP contribution in [0.4, 0.5) is 0 Å². The highest BCUT2D eigenvalue weighted by atomic mass is 15.1. The molecule has 0 spiro atoms. The Hall–Kier alpha value is -1.37. The average molecular weight is 259 g/mol. The van der Waals surface area contributed by atoms with E-state index in [4.69, 9.17) is 11.0 Å². The van der Waals surface area contributed by atoms with Crippen LogP contribution in [-0.2, 0) is 6.54 Å². The van der Waals surface area contributed by atoms with Crippen molar-refractivity contribution in [2.24, 2.45) is 11.1 Å². The van der Waals surface area contributed by atoms with Crippen molar-refractivity contribution in [2.45, 2.75) is 33.2 Å². The number of hydrogen-bond acceptors (Lipinski definition) is 3. The summed E-state index contributed by atoms with van der Waals surface area (Å²) in [4.78, 5) is 2.36. The number of hydrogen-bond donors (Lipinski definition) is 1. The Morgan fingerprint density at radius 2 is 1.89 bits per heavy atom. The second kappa shape index (κ2) is 7.93. The zero-order valence-electron chi connectivity index (χ0n) is 12.1. The zero-order chi connectivity index (χ0) is 14.1. The first-order valence-corrected chi connectivity index (χ1v) is 6.95. The summed E-state index contributed by atoms with van der Waals surface area (Å²) in [5.41, 5.74) is 6.77. The minimum atomic E-state index is -0.221. The number of benzene rings is 1. The first-order chi connectivity index (χ1) is 9.07. The molecule has 0 aromatic heterocycles. The minimum Gasteiger partial charge on any atom is -0.329 e. The van der Waals surface area contributed by atoms with E-state index >= 15 is 0 Å². The van der Waals surface area contributed by atoms with E-state index < -0.39 is 0 Å². The lowest BCUT2D eigenvalue weighted by atomic mass is 9.90. The number of rotatable bonds is 8. The molecule has 0 atom stereocenters. The summed E-state index contributed by atoms with van der Waals surface area (Å²) in [6.07, 6.45) is 1.97. The highest BCUT2D eigenvalue weighted by Gasteiger charge is 2.16. The molecule has 0 amide bonds. The maximum absolute atomic E-state index is 9.01. The summed E-state index contributed by atoms with van der Waals surface area (Å²) in [6.45, 7) is 7.51. The van der Waals surface area contributed by atoms with Gasteiger partial charge in [0.1, 0.15) is 0 Å². The predicted molar refractivity (Wildman–Crippen MR) is 79.4 cm³/mol. The molecule has 0 fully saturated rings. The van der Waals surface area contributed by atoms with Gasteiger partial charge >= 0.3 is 0 Å². The molecule has 0 aliphatic rings. The molecule has 19 heavy (non-hydrogen) atoms. The molecule has 3 nitrogen and oxygen atoms in total. The second-order valence-electron chi connectivity index (χ2n) is 5.65. The van der Waals surface area contributed by atoms with Gasteiger partial charge in [-0.2, -0.15) is 5.26 Å². The maximum Gasteiger partial charge on any atom is 0.0683 e. The van der Waals surface area contributed by atoms with Crippen LogP contribution in [-0.4, -0.2) is 24.5 Å². The lowest BCUT2D eigenvalue weighted by Crippen LogP contribution is -2.30. The van der Waals surface area contributed by atoms with Crippen molar-refractivity contribution in [1.29, 1.82) is 5.26 Å². The monoisotopic (exact) mass is 259 g/mol. The van der Waals surface area contributed by atoms with Gasteiger partial charge < -0.3 is 5.73 Å². The van der Waals surface area contributed by atoms with Gasteiger partial charge in [-0.25, -0.2) is 0 Å². The molecular formula is C16H25N3. The third kappa shape index (κ3) is 6.37. The first kappa shape index (κ1) is 15.7. The van der Waals surface area contributed by atoms with Crippen LogP contribution in [0.3, 0.4) is 0 Å². The van der Waals surface area contributed by atoms with Crippen molar-refractivity contribution in [2.75, 3.05) is 19.6 Å². The fourth-order valence-electron chi connectivity index (χ4n) is 2.09. The van der Waals surface area contributed by atoms with Crippen molar-refractivity contribution < 1.29 is 0 Å². The smallest absolute Gasteiger partial charge is 0.0683 e.